The Morgan fingerprint density at radius 2 is 1.92 bits per heavy atom. The molecule has 1 heterocycles. The summed E-state index contributed by atoms with van der Waals surface area (Å²) in [6.07, 6.45) is 0. The van der Waals surface area contributed by atoms with E-state index in [-0.39, 0.29) is 27.8 Å². The summed E-state index contributed by atoms with van der Waals surface area (Å²) in [5, 5.41) is 13.9. The fourth-order valence-corrected chi connectivity index (χ4v) is 2.95. The number of benzene rings is 2. The van der Waals surface area contributed by atoms with Crippen LogP contribution in [0.25, 0.3) is 10.9 Å². The van der Waals surface area contributed by atoms with E-state index in [4.69, 9.17) is 5.84 Å². The zero-order chi connectivity index (χ0) is 18.7. The van der Waals surface area contributed by atoms with Gasteiger partial charge in [-0.15, -0.1) is 0 Å². The van der Waals surface area contributed by atoms with E-state index in [0.717, 1.165) is 16.4 Å². The van der Waals surface area contributed by atoms with E-state index in [9.17, 15) is 19.7 Å². The lowest BCUT2D eigenvalue weighted by molar-refractivity contribution is -0.384. The maximum atomic E-state index is 12.2. The maximum Gasteiger partial charge on any atom is 0.280 e. The highest BCUT2D eigenvalue weighted by molar-refractivity contribution is 7.99. The molecular formula is C16H13N5O4S. The molecular weight excluding hydrogens is 358 g/mol. The molecule has 1 amide bonds. The van der Waals surface area contributed by atoms with Gasteiger partial charge < -0.3 is 11.2 Å². The van der Waals surface area contributed by atoms with Gasteiger partial charge in [-0.05, 0) is 24.3 Å². The average molecular weight is 371 g/mol. The third-order valence-electron chi connectivity index (χ3n) is 3.55. The molecule has 3 rings (SSSR count). The van der Waals surface area contributed by atoms with Crippen molar-refractivity contribution in [3.8, 4) is 0 Å². The average Bonchev–Trinajstić information content (AvgIpc) is 2.65. The number of nitrogens with two attached hydrogens (primary N) is 1. The molecule has 0 bridgehead atoms. The van der Waals surface area contributed by atoms with Crippen molar-refractivity contribution in [3.05, 3.63) is 74.6 Å². The number of nitrogen functional groups attached to an aromatic ring is 1. The van der Waals surface area contributed by atoms with Crippen LogP contribution >= 0.6 is 11.8 Å². The lowest BCUT2D eigenvalue weighted by Crippen LogP contribution is -2.30. The van der Waals surface area contributed by atoms with Crippen LogP contribution in [0.2, 0.25) is 0 Å². The largest absolute Gasteiger partial charge is 0.343 e. The van der Waals surface area contributed by atoms with Crippen LogP contribution in [0.15, 0.2) is 58.5 Å². The molecule has 10 heteroatoms. The number of fused-ring (bicyclic) bond motifs is 1. The molecule has 0 saturated heterocycles. The number of nitro groups is 1. The van der Waals surface area contributed by atoms with Crippen molar-refractivity contribution in [2.75, 3.05) is 11.7 Å². The quantitative estimate of drug-likeness (QED) is 0.173. The number of thioether (sulfide) groups is 1. The van der Waals surface area contributed by atoms with Gasteiger partial charge in [0.1, 0.15) is 0 Å². The number of para-hydroxylation sites is 1. The van der Waals surface area contributed by atoms with Crippen LogP contribution in [0.4, 0.5) is 5.69 Å². The fourth-order valence-electron chi connectivity index (χ4n) is 2.23. The van der Waals surface area contributed by atoms with Crippen molar-refractivity contribution < 1.29 is 9.72 Å². The molecule has 0 unspecified atom stereocenters. The van der Waals surface area contributed by atoms with E-state index in [1.165, 1.54) is 24.3 Å². The van der Waals surface area contributed by atoms with E-state index in [1.807, 2.05) is 0 Å². The first kappa shape index (κ1) is 17.4. The molecule has 0 spiro atoms. The Hall–Kier alpha value is -3.40. The van der Waals surface area contributed by atoms with Gasteiger partial charge in [0.05, 0.1) is 21.7 Å². The van der Waals surface area contributed by atoms with Crippen molar-refractivity contribution in [2.24, 2.45) is 0 Å². The van der Waals surface area contributed by atoms with E-state index in [2.05, 4.69) is 10.3 Å². The van der Waals surface area contributed by atoms with Crippen molar-refractivity contribution in [3.63, 3.8) is 0 Å². The summed E-state index contributed by atoms with van der Waals surface area (Å²) in [5.74, 6) is 5.49. The Bertz CT molecular complexity index is 1050. The molecule has 2 aromatic carbocycles. The van der Waals surface area contributed by atoms with E-state index in [0.29, 0.717) is 10.9 Å². The Morgan fingerprint density at radius 1 is 1.23 bits per heavy atom. The van der Waals surface area contributed by atoms with E-state index < -0.39 is 10.8 Å². The number of nitrogens with zero attached hydrogens (tertiary/aromatic N) is 3. The number of hydrogen-bond acceptors (Lipinski definition) is 7. The second-order valence-corrected chi connectivity index (χ2v) is 6.13. The molecule has 1 aromatic heterocycles. The van der Waals surface area contributed by atoms with Crippen LogP contribution in [0.5, 0.6) is 0 Å². The summed E-state index contributed by atoms with van der Waals surface area (Å²) in [4.78, 5) is 38.7. The second kappa shape index (κ2) is 7.23. The van der Waals surface area contributed by atoms with Crippen LogP contribution in [-0.4, -0.2) is 26.4 Å². The topological polar surface area (TPSA) is 133 Å². The summed E-state index contributed by atoms with van der Waals surface area (Å²) >= 11 is 1.09. The summed E-state index contributed by atoms with van der Waals surface area (Å²) in [5.41, 5.74) is 0.333. The molecule has 0 aliphatic heterocycles. The first-order valence-corrected chi connectivity index (χ1v) is 8.38. The highest BCUT2D eigenvalue weighted by atomic mass is 32.2. The van der Waals surface area contributed by atoms with Gasteiger partial charge in [0.25, 0.3) is 17.2 Å². The van der Waals surface area contributed by atoms with Crippen LogP contribution in [0, 0.1) is 10.1 Å². The number of carbonyl (C=O) groups is 1. The van der Waals surface area contributed by atoms with Gasteiger partial charge in [0.2, 0.25) is 0 Å². The SMILES string of the molecule is Nn1c(SCNC(=O)c2ccc([N+](=O)[O-])cc2)nc2ccccc2c1=O. The minimum absolute atomic E-state index is 0.0940. The molecule has 3 aromatic rings. The molecule has 132 valence electrons. The zero-order valence-corrected chi connectivity index (χ0v) is 14.1. The molecule has 26 heavy (non-hydrogen) atoms. The van der Waals surface area contributed by atoms with Crippen LogP contribution in [-0.2, 0) is 0 Å². The second-order valence-electron chi connectivity index (χ2n) is 5.19. The summed E-state index contributed by atoms with van der Waals surface area (Å²) in [6, 6.07) is 12.1. The summed E-state index contributed by atoms with van der Waals surface area (Å²) < 4.78 is 0.936. The van der Waals surface area contributed by atoms with Crippen LogP contribution in [0.3, 0.4) is 0 Å². The zero-order valence-electron chi connectivity index (χ0n) is 13.3. The molecule has 0 aliphatic rings. The number of aromatic nitrogens is 2. The lowest BCUT2D eigenvalue weighted by atomic mass is 10.2. The molecule has 0 radical (unpaired) electrons. The van der Waals surface area contributed by atoms with Crippen molar-refractivity contribution in [1.82, 2.24) is 15.0 Å². The van der Waals surface area contributed by atoms with Gasteiger partial charge >= 0.3 is 0 Å². The van der Waals surface area contributed by atoms with Crippen molar-refractivity contribution in [1.29, 1.82) is 0 Å². The van der Waals surface area contributed by atoms with Crippen molar-refractivity contribution >= 4 is 34.3 Å². The summed E-state index contributed by atoms with van der Waals surface area (Å²) in [6.45, 7) is 0. The third kappa shape index (κ3) is 3.49. The van der Waals surface area contributed by atoms with Crippen LogP contribution in [0.1, 0.15) is 10.4 Å². The van der Waals surface area contributed by atoms with Gasteiger partial charge in [-0.2, -0.15) is 0 Å². The molecule has 0 saturated carbocycles. The number of nitro benzene ring substituents is 1. The normalized spacial score (nSPS) is 10.6. The Balaban J connectivity index is 1.69. The maximum absolute atomic E-state index is 12.2. The molecule has 9 nitrogen and oxygen atoms in total. The summed E-state index contributed by atoms with van der Waals surface area (Å²) in [7, 11) is 0. The monoisotopic (exact) mass is 371 g/mol. The van der Waals surface area contributed by atoms with Gasteiger partial charge in [-0.25, -0.2) is 9.66 Å². The van der Waals surface area contributed by atoms with Gasteiger partial charge in [0, 0.05) is 17.7 Å². The predicted molar refractivity (Wildman–Crippen MR) is 97.4 cm³/mol. The first-order chi connectivity index (χ1) is 12.5. The number of nitrogens with one attached hydrogen (secondary N) is 1. The Morgan fingerprint density at radius 3 is 2.62 bits per heavy atom. The Kier molecular flexibility index (Phi) is 4.85. The molecule has 0 aliphatic carbocycles. The Labute approximate surface area is 151 Å². The van der Waals surface area contributed by atoms with E-state index in [1.54, 1.807) is 24.3 Å². The van der Waals surface area contributed by atoms with Gasteiger partial charge in [-0.1, -0.05) is 23.9 Å². The number of non-ortho nitro benzene ring substituents is 1. The van der Waals surface area contributed by atoms with Crippen molar-refractivity contribution in [2.45, 2.75) is 5.16 Å². The minimum atomic E-state index is -0.538. The molecule has 3 N–H and O–H groups in total. The highest BCUT2D eigenvalue weighted by Gasteiger charge is 2.11. The minimum Gasteiger partial charge on any atom is -0.343 e. The number of hydrogen-bond donors (Lipinski definition) is 2. The molecule has 0 atom stereocenters. The van der Waals surface area contributed by atoms with Gasteiger partial charge in [0.15, 0.2) is 5.16 Å². The molecule has 0 fully saturated rings. The smallest absolute Gasteiger partial charge is 0.280 e. The number of amides is 1. The van der Waals surface area contributed by atoms with Crippen LogP contribution < -0.4 is 16.7 Å². The third-order valence-corrected chi connectivity index (χ3v) is 4.38. The van der Waals surface area contributed by atoms with Gasteiger partial charge in [-0.3, -0.25) is 19.7 Å². The first-order valence-electron chi connectivity index (χ1n) is 7.39. The predicted octanol–water partition coefficient (Wildman–Crippen LogP) is 1.50. The number of carbonyl (C=O) groups excluding carboxylic acids is 1. The van der Waals surface area contributed by atoms with E-state index >= 15 is 0 Å². The lowest BCUT2D eigenvalue weighted by Gasteiger charge is -2.09. The standard InChI is InChI=1S/C16H13N5O4S/c17-20-15(23)12-3-1-2-4-13(12)19-16(20)26-9-18-14(22)10-5-7-11(8-6-10)21(24)25/h1-8H,9,17H2,(H,18,22). The fraction of sp³-hybridized carbons (Fsp3) is 0.0625. The number of rotatable bonds is 5. The highest BCUT2D eigenvalue weighted by Crippen LogP contribution is 2.16.